The molecule has 0 atom stereocenters. The number of aryl methyl sites for hydroxylation is 1. The first-order valence-electron chi connectivity index (χ1n) is 5.23. The van der Waals surface area contributed by atoms with Crippen LogP contribution in [0.15, 0.2) is 33.7 Å². The summed E-state index contributed by atoms with van der Waals surface area (Å²) in [6.07, 6.45) is 1.58. The molecule has 0 aliphatic rings. The average Bonchev–Trinajstić information content (AvgIpc) is 2.89. The van der Waals surface area contributed by atoms with Crippen LogP contribution in [0.25, 0.3) is 22.4 Å². The molecule has 0 radical (unpaired) electrons. The number of hydrogen-bond donors (Lipinski definition) is 1. The van der Waals surface area contributed by atoms with Gasteiger partial charge in [0.2, 0.25) is 0 Å². The molecule has 3 rings (SSSR count). The monoisotopic (exact) mass is 240 g/mol. The molecule has 0 saturated heterocycles. The molecular weight excluding hydrogens is 232 g/mol. The van der Waals surface area contributed by atoms with Gasteiger partial charge in [-0.3, -0.25) is 4.98 Å². The lowest BCUT2D eigenvalue weighted by Crippen LogP contribution is -1.93. The first kappa shape index (κ1) is 10.4. The molecule has 0 aliphatic heterocycles. The molecule has 0 unspecified atom stereocenters. The fourth-order valence-electron chi connectivity index (χ4n) is 1.95. The van der Waals surface area contributed by atoms with Gasteiger partial charge in [-0.25, -0.2) is 9.78 Å². The largest absolute Gasteiger partial charge is 0.417 e. The number of fused-ring (bicyclic) bond motifs is 1. The molecule has 2 aromatic heterocycles. The van der Waals surface area contributed by atoms with Crippen molar-refractivity contribution in [2.45, 2.75) is 0 Å². The molecule has 6 nitrogen and oxygen atoms in total. The van der Waals surface area contributed by atoms with Gasteiger partial charge in [0, 0.05) is 12.6 Å². The number of imidazole rings is 1. The summed E-state index contributed by atoms with van der Waals surface area (Å²) in [5, 5.41) is 9.01. The fraction of sp³-hybridized carbons (Fsp3) is 0.0833. The Balaban J connectivity index is 2.28. The Morgan fingerprint density at radius 2 is 2.33 bits per heavy atom. The summed E-state index contributed by atoms with van der Waals surface area (Å²) in [5.41, 5.74) is 2.95. The van der Waals surface area contributed by atoms with E-state index >= 15 is 0 Å². The highest BCUT2D eigenvalue weighted by Crippen LogP contribution is 2.24. The lowest BCUT2D eigenvalue weighted by molar-refractivity contribution is 0.555. The van der Waals surface area contributed by atoms with Crippen LogP contribution in [0.3, 0.4) is 0 Å². The molecule has 2 heterocycles. The van der Waals surface area contributed by atoms with Crippen molar-refractivity contribution in [2.24, 2.45) is 7.05 Å². The zero-order chi connectivity index (χ0) is 12.7. The van der Waals surface area contributed by atoms with Crippen LogP contribution in [0.4, 0.5) is 0 Å². The van der Waals surface area contributed by atoms with Crippen molar-refractivity contribution >= 4 is 11.1 Å². The van der Waals surface area contributed by atoms with E-state index in [1.165, 1.54) is 0 Å². The zero-order valence-corrected chi connectivity index (χ0v) is 9.47. The van der Waals surface area contributed by atoms with Crippen LogP contribution in [0.2, 0.25) is 0 Å². The van der Waals surface area contributed by atoms with Gasteiger partial charge >= 0.3 is 5.76 Å². The van der Waals surface area contributed by atoms with Crippen LogP contribution in [0.5, 0.6) is 0 Å². The van der Waals surface area contributed by atoms with E-state index in [1.54, 1.807) is 29.1 Å². The number of H-pyrrole nitrogens is 1. The van der Waals surface area contributed by atoms with E-state index in [2.05, 4.69) is 9.97 Å². The predicted octanol–water partition coefficient (Wildman–Crippen LogP) is 1.39. The number of hydrogen-bond acceptors (Lipinski definition) is 4. The highest BCUT2D eigenvalue weighted by Gasteiger charge is 2.12. The summed E-state index contributed by atoms with van der Waals surface area (Å²) in [5.74, 6) is -0.493. The molecular formula is C12H8N4O2. The lowest BCUT2D eigenvalue weighted by Gasteiger charge is -2.02. The molecule has 0 amide bonds. The van der Waals surface area contributed by atoms with Crippen molar-refractivity contribution in [3.05, 3.63) is 40.8 Å². The average molecular weight is 240 g/mol. The topological polar surface area (TPSA) is 87.6 Å². The van der Waals surface area contributed by atoms with Crippen molar-refractivity contribution in [3.8, 4) is 17.3 Å². The molecule has 0 spiro atoms. The molecule has 88 valence electrons. The molecule has 0 saturated carbocycles. The van der Waals surface area contributed by atoms with E-state index in [4.69, 9.17) is 9.68 Å². The van der Waals surface area contributed by atoms with Gasteiger partial charge < -0.3 is 8.98 Å². The molecule has 1 N–H and O–H groups in total. The van der Waals surface area contributed by atoms with Crippen LogP contribution >= 0.6 is 0 Å². The minimum atomic E-state index is -0.493. The Morgan fingerprint density at radius 1 is 1.50 bits per heavy atom. The first-order valence-corrected chi connectivity index (χ1v) is 5.23. The van der Waals surface area contributed by atoms with Crippen LogP contribution in [0.1, 0.15) is 5.69 Å². The number of aromatic nitrogens is 3. The summed E-state index contributed by atoms with van der Waals surface area (Å²) in [4.78, 5) is 17.7. The van der Waals surface area contributed by atoms with Gasteiger partial charge in [0.15, 0.2) is 11.3 Å². The second-order valence-corrected chi connectivity index (χ2v) is 3.89. The zero-order valence-electron chi connectivity index (χ0n) is 9.47. The minimum Gasteiger partial charge on any atom is -0.408 e. The van der Waals surface area contributed by atoms with E-state index < -0.39 is 5.76 Å². The molecule has 1 aromatic carbocycles. The quantitative estimate of drug-likeness (QED) is 0.696. The number of nitrogens with zero attached hydrogens (tertiary/aromatic N) is 3. The van der Waals surface area contributed by atoms with Crippen LogP contribution < -0.4 is 5.76 Å². The Labute approximate surface area is 101 Å². The number of nitriles is 1. The van der Waals surface area contributed by atoms with E-state index in [9.17, 15) is 4.79 Å². The SMILES string of the molecule is Cn1cnc(C#N)c1-c1ccc2oc(=O)[nH]c2c1. The van der Waals surface area contributed by atoms with Crippen molar-refractivity contribution < 1.29 is 4.42 Å². The third kappa shape index (κ3) is 1.42. The number of benzene rings is 1. The number of rotatable bonds is 1. The van der Waals surface area contributed by atoms with E-state index in [0.29, 0.717) is 22.5 Å². The maximum absolute atomic E-state index is 11.1. The Bertz CT molecular complexity index is 832. The molecule has 0 aliphatic carbocycles. The molecule has 0 fully saturated rings. The van der Waals surface area contributed by atoms with Crippen LogP contribution in [-0.2, 0) is 7.05 Å². The number of nitrogens with one attached hydrogen (secondary N) is 1. The lowest BCUT2D eigenvalue weighted by atomic mass is 10.1. The van der Waals surface area contributed by atoms with Crippen molar-refractivity contribution in [1.29, 1.82) is 5.26 Å². The minimum absolute atomic E-state index is 0.350. The van der Waals surface area contributed by atoms with Gasteiger partial charge in [-0.1, -0.05) is 0 Å². The standard InChI is InChI=1S/C12H8N4O2/c1-16-6-14-9(5-13)11(16)7-2-3-10-8(4-7)15-12(17)18-10/h2-4,6H,1H3,(H,15,17). The molecule has 18 heavy (non-hydrogen) atoms. The Hall–Kier alpha value is -2.81. The third-order valence-electron chi connectivity index (χ3n) is 2.74. The smallest absolute Gasteiger partial charge is 0.408 e. The molecule has 0 bridgehead atoms. The number of oxazole rings is 1. The summed E-state index contributed by atoms with van der Waals surface area (Å²) < 4.78 is 6.69. The maximum Gasteiger partial charge on any atom is 0.417 e. The summed E-state index contributed by atoms with van der Waals surface area (Å²) in [6.45, 7) is 0. The number of aromatic amines is 1. The summed E-state index contributed by atoms with van der Waals surface area (Å²) >= 11 is 0. The highest BCUT2D eigenvalue weighted by molar-refractivity contribution is 5.80. The molecule has 3 aromatic rings. The summed E-state index contributed by atoms with van der Waals surface area (Å²) in [7, 11) is 1.81. The Kier molecular flexibility index (Phi) is 2.07. The van der Waals surface area contributed by atoms with Gasteiger partial charge in [-0.15, -0.1) is 0 Å². The summed E-state index contributed by atoms with van der Waals surface area (Å²) in [6, 6.07) is 7.28. The van der Waals surface area contributed by atoms with Crippen molar-refractivity contribution in [3.63, 3.8) is 0 Å². The third-order valence-corrected chi connectivity index (χ3v) is 2.74. The fourth-order valence-corrected chi connectivity index (χ4v) is 1.95. The maximum atomic E-state index is 11.1. The van der Waals surface area contributed by atoms with Gasteiger partial charge in [-0.2, -0.15) is 5.26 Å². The normalized spacial score (nSPS) is 10.7. The van der Waals surface area contributed by atoms with Gasteiger partial charge in [0.05, 0.1) is 17.5 Å². The van der Waals surface area contributed by atoms with Crippen LogP contribution in [0, 0.1) is 11.3 Å². The van der Waals surface area contributed by atoms with Crippen molar-refractivity contribution in [2.75, 3.05) is 0 Å². The van der Waals surface area contributed by atoms with Gasteiger partial charge in [-0.05, 0) is 18.2 Å². The van der Waals surface area contributed by atoms with E-state index in [-0.39, 0.29) is 0 Å². The van der Waals surface area contributed by atoms with E-state index in [0.717, 1.165) is 5.56 Å². The van der Waals surface area contributed by atoms with Gasteiger partial charge in [0.1, 0.15) is 6.07 Å². The van der Waals surface area contributed by atoms with E-state index in [1.807, 2.05) is 13.1 Å². The second-order valence-electron chi connectivity index (χ2n) is 3.89. The van der Waals surface area contributed by atoms with Crippen molar-refractivity contribution in [1.82, 2.24) is 14.5 Å². The first-order chi connectivity index (χ1) is 8.69. The van der Waals surface area contributed by atoms with Gasteiger partial charge in [0.25, 0.3) is 0 Å². The molecule has 6 heteroatoms. The Morgan fingerprint density at radius 3 is 3.11 bits per heavy atom. The van der Waals surface area contributed by atoms with Crippen LogP contribution in [-0.4, -0.2) is 14.5 Å². The predicted molar refractivity (Wildman–Crippen MR) is 63.8 cm³/mol. The highest BCUT2D eigenvalue weighted by atomic mass is 16.4. The second kappa shape index (κ2) is 3.60.